The van der Waals surface area contributed by atoms with Crippen LogP contribution >= 0.6 is 0 Å². The number of nitrogens with one attached hydrogen (secondary N) is 3. The SMILES string of the molecule is CCOCCCNC(=O)c1cccc(NC(=O)CS(=O)(=O)Nc2ccc(OC(C)C)cc2)c1. The molecule has 0 bridgehead atoms. The molecule has 180 valence electrons. The predicted molar refractivity (Wildman–Crippen MR) is 128 cm³/mol. The maximum absolute atomic E-state index is 12.4. The second-order valence-electron chi connectivity index (χ2n) is 7.49. The van der Waals surface area contributed by atoms with E-state index in [1.54, 1.807) is 42.5 Å². The summed E-state index contributed by atoms with van der Waals surface area (Å²) in [6, 6.07) is 12.7. The average molecular weight is 478 g/mol. The van der Waals surface area contributed by atoms with Crippen LogP contribution < -0.4 is 20.1 Å². The summed E-state index contributed by atoms with van der Waals surface area (Å²) in [5, 5.41) is 5.29. The standard InChI is InChI=1S/C23H31N3O6S/c1-4-31-14-6-13-24-23(28)18-7-5-8-20(15-18)25-22(27)16-33(29,30)26-19-9-11-21(12-10-19)32-17(2)3/h5,7-12,15,17,26H,4,6,13-14,16H2,1-3H3,(H,24,28)(H,25,27). The molecule has 0 atom stereocenters. The molecule has 0 radical (unpaired) electrons. The second-order valence-corrected chi connectivity index (χ2v) is 9.21. The van der Waals surface area contributed by atoms with Crippen molar-refractivity contribution < 1.29 is 27.5 Å². The highest BCUT2D eigenvalue weighted by Gasteiger charge is 2.17. The summed E-state index contributed by atoms with van der Waals surface area (Å²) in [4.78, 5) is 24.5. The van der Waals surface area contributed by atoms with Gasteiger partial charge in [-0.3, -0.25) is 14.3 Å². The van der Waals surface area contributed by atoms with E-state index in [4.69, 9.17) is 9.47 Å². The molecule has 3 N–H and O–H groups in total. The Labute approximate surface area is 194 Å². The molecule has 0 aliphatic rings. The number of sulfonamides is 1. The van der Waals surface area contributed by atoms with Gasteiger partial charge >= 0.3 is 0 Å². The molecular formula is C23H31N3O6S. The van der Waals surface area contributed by atoms with Gasteiger partial charge < -0.3 is 20.1 Å². The Bertz CT molecular complexity index is 1020. The zero-order valence-corrected chi connectivity index (χ0v) is 19.9. The number of hydrogen-bond donors (Lipinski definition) is 3. The van der Waals surface area contributed by atoms with Crippen LogP contribution in [0.1, 0.15) is 37.6 Å². The van der Waals surface area contributed by atoms with Gasteiger partial charge in [0.15, 0.2) is 0 Å². The van der Waals surface area contributed by atoms with Crippen LogP contribution in [0.3, 0.4) is 0 Å². The molecule has 2 amide bonds. The molecule has 0 aromatic heterocycles. The first kappa shape index (κ1) is 26.1. The van der Waals surface area contributed by atoms with Gasteiger partial charge in [0.25, 0.3) is 5.91 Å². The summed E-state index contributed by atoms with van der Waals surface area (Å²) in [6.07, 6.45) is 0.690. The quantitative estimate of drug-likeness (QED) is 0.381. The Kier molecular flexibility index (Phi) is 10.1. The van der Waals surface area contributed by atoms with E-state index in [9.17, 15) is 18.0 Å². The Morgan fingerprint density at radius 2 is 1.76 bits per heavy atom. The van der Waals surface area contributed by atoms with Crippen LogP contribution in [-0.2, 0) is 19.6 Å². The number of ether oxygens (including phenoxy) is 2. The maximum Gasteiger partial charge on any atom is 0.251 e. The van der Waals surface area contributed by atoms with E-state index in [-0.39, 0.29) is 12.0 Å². The molecule has 0 fully saturated rings. The van der Waals surface area contributed by atoms with E-state index in [2.05, 4.69) is 15.4 Å². The molecule has 0 saturated heterocycles. The third-order valence-corrected chi connectivity index (χ3v) is 5.37. The summed E-state index contributed by atoms with van der Waals surface area (Å²) < 4.78 is 37.8. The summed E-state index contributed by atoms with van der Waals surface area (Å²) in [5.74, 6) is -1.17. The lowest BCUT2D eigenvalue weighted by Gasteiger charge is -2.12. The fourth-order valence-electron chi connectivity index (χ4n) is 2.82. The number of anilines is 2. The first-order chi connectivity index (χ1) is 15.7. The van der Waals surface area contributed by atoms with Gasteiger partial charge in [0.1, 0.15) is 11.5 Å². The topological polar surface area (TPSA) is 123 Å². The van der Waals surface area contributed by atoms with Gasteiger partial charge in [-0.05, 0) is 69.7 Å². The summed E-state index contributed by atoms with van der Waals surface area (Å²) in [7, 11) is -3.93. The third-order valence-electron chi connectivity index (χ3n) is 4.18. The van der Waals surface area contributed by atoms with Crippen LogP contribution in [0.15, 0.2) is 48.5 Å². The van der Waals surface area contributed by atoms with Crippen molar-refractivity contribution in [3.8, 4) is 5.75 Å². The molecule has 33 heavy (non-hydrogen) atoms. The van der Waals surface area contributed by atoms with E-state index in [0.29, 0.717) is 48.9 Å². The molecule has 2 aromatic rings. The van der Waals surface area contributed by atoms with Gasteiger partial charge in [0, 0.05) is 36.7 Å². The van der Waals surface area contributed by atoms with E-state index in [0.717, 1.165) is 0 Å². The lowest BCUT2D eigenvalue weighted by atomic mass is 10.2. The molecule has 2 aromatic carbocycles. The summed E-state index contributed by atoms with van der Waals surface area (Å²) >= 11 is 0. The molecule has 0 saturated carbocycles. The van der Waals surface area contributed by atoms with Crippen molar-refractivity contribution >= 4 is 33.2 Å². The van der Waals surface area contributed by atoms with Gasteiger partial charge in [-0.15, -0.1) is 0 Å². The zero-order valence-electron chi connectivity index (χ0n) is 19.1. The predicted octanol–water partition coefficient (Wildman–Crippen LogP) is 3.01. The molecule has 10 heteroatoms. The normalized spacial score (nSPS) is 11.2. The average Bonchev–Trinajstić information content (AvgIpc) is 2.74. The molecule has 0 spiro atoms. The number of rotatable bonds is 13. The van der Waals surface area contributed by atoms with Gasteiger partial charge in [0.05, 0.1) is 6.10 Å². The van der Waals surface area contributed by atoms with Crippen LogP contribution in [0.2, 0.25) is 0 Å². The lowest BCUT2D eigenvalue weighted by molar-refractivity contribution is -0.113. The number of benzene rings is 2. The molecule has 0 aliphatic carbocycles. The second kappa shape index (κ2) is 12.8. The number of carbonyl (C=O) groups is 2. The number of amides is 2. The van der Waals surface area contributed by atoms with Gasteiger partial charge in [-0.25, -0.2) is 8.42 Å². The Morgan fingerprint density at radius 3 is 2.42 bits per heavy atom. The minimum Gasteiger partial charge on any atom is -0.491 e. The minimum absolute atomic E-state index is 0.00112. The Balaban J connectivity index is 1.88. The van der Waals surface area contributed by atoms with E-state index < -0.39 is 21.7 Å². The van der Waals surface area contributed by atoms with Crippen molar-refractivity contribution in [3.05, 3.63) is 54.1 Å². The molecule has 0 heterocycles. The van der Waals surface area contributed by atoms with Crippen LogP contribution in [0, 0.1) is 0 Å². The van der Waals surface area contributed by atoms with Crippen molar-refractivity contribution in [1.82, 2.24) is 5.32 Å². The van der Waals surface area contributed by atoms with Crippen LogP contribution in [-0.4, -0.2) is 51.8 Å². The molecule has 0 aliphatic heterocycles. The fourth-order valence-corrected chi connectivity index (χ4v) is 3.80. The highest BCUT2D eigenvalue weighted by Crippen LogP contribution is 2.18. The molecular weight excluding hydrogens is 446 g/mol. The molecule has 0 unspecified atom stereocenters. The third kappa shape index (κ3) is 9.92. The first-order valence-electron chi connectivity index (χ1n) is 10.7. The van der Waals surface area contributed by atoms with Crippen molar-refractivity contribution in [3.63, 3.8) is 0 Å². The highest BCUT2D eigenvalue weighted by atomic mass is 32.2. The summed E-state index contributed by atoms with van der Waals surface area (Å²) in [5.41, 5.74) is 1.00. The lowest BCUT2D eigenvalue weighted by Crippen LogP contribution is -2.28. The first-order valence-corrected chi connectivity index (χ1v) is 12.4. The largest absolute Gasteiger partial charge is 0.491 e. The molecule has 2 rings (SSSR count). The Morgan fingerprint density at radius 1 is 1.03 bits per heavy atom. The number of hydrogen-bond acceptors (Lipinski definition) is 6. The zero-order chi connectivity index (χ0) is 24.3. The minimum atomic E-state index is -3.93. The monoisotopic (exact) mass is 477 g/mol. The van der Waals surface area contributed by atoms with Crippen molar-refractivity contribution in [1.29, 1.82) is 0 Å². The smallest absolute Gasteiger partial charge is 0.251 e. The van der Waals surface area contributed by atoms with Crippen molar-refractivity contribution in [2.75, 3.05) is 35.6 Å². The van der Waals surface area contributed by atoms with Crippen molar-refractivity contribution in [2.24, 2.45) is 0 Å². The maximum atomic E-state index is 12.4. The van der Waals surface area contributed by atoms with E-state index in [1.165, 1.54) is 6.07 Å². The summed E-state index contributed by atoms with van der Waals surface area (Å²) in [6.45, 7) is 7.33. The van der Waals surface area contributed by atoms with E-state index >= 15 is 0 Å². The van der Waals surface area contributed by atoms with Gasteiger partial charge in [-0.1, -0.05) is 6.07 Å². The van der Waals surface area contributed by atoms with Crippen LogP contribution in [0.4, 0.5) is 11.4 Å². The number of carbonyl (C=O) groups excluding carboxylic acids is 2. The van der Waals surface area contributed by atoms with Crippen LogP contribution in [0.5, 0.6) is 5.75 Å². The van der Waals surface area contributed by atoms with Gasteiger partial charge in [0.2, 0.25) is 15.9 Å². The van der Waals surface area contributed by atoms with Gasteiger partial charge in [-0.2, -0.15) is 0 Å². The highest BCUT2D eigenvalue weighted by molar-refractivity contribution is 7.93. The van der Waals surface area contributed by atoms with E-state index in [1.807, 2.05) is 20.8 Å². The van der Waals surface area contributed by atoms with Crippen LogP contribution in [0.25, 0.3) is 0 Å². The molecule has 9 nitrogen and oxygen atoms in total. The fraction of sp³-hybridized carbons (Fsp3) is 0.391. The van der Waals surface area contributed by atoms with Crippen molar-refractivity contribution in [2.45, 2.75) is 33.3 Å². The Hall–Kier alpha value is -3.11.